The maximum Gasteiger partial charge on any atom is 0.254 e. The van der Waals surface area contributed by atoms with Crippen LogP contribution in [0.3, 0.4) is 0 Å². The topological polar surface area (TPSA) is 65.2 Å². The smallest absolute Gasteiger partial charge is 0.254 e. The van der Waals surface area contributed by atoms with Crippen LogP contribution in [0.15, 0.2) is 10.7 Å². The van der Waals surface area contributed by atoms with Crippen LogP contribution in [0.4, 0.5) is 0 Å². The van der Waals surface area contributed by atoms with Gasteiger partial charge in [-0.2, -0.15) is 0 Å². The zero-order valence-electron chi connectivity index (χ0n) is 7.30. The number of nitrogens with zero attached hydrogens (tertiary/aromatic N) is 1. The summed E-state index contributed by atoms with van der Waals surface area (Å²) < 4.78 is 5.65. The van der Waals surface area contributed by atoms with E-state index in [2.05, 4.69) is 20.9 Å². The number of ether oxygens (including phenoxy) is 1. The van der Waals surface area contributed by atoms with E-state index in [-0.39, 0.29) is 0 Å². The SMILES string of the molecule is COc1c(Br)cnc(C)c1C(N)=O. The Morgan fingerprint density at radius 2 is 2.31 bits per heavy atom. The van der Waals surface area contributed by atoms with E-state index in [4.69, 9.17) is 10.5 Å². The molecule has 0 aliphatic carbocycles. The minimum absolute atomic E-state index is 0.317. The van der Waals surface area contributed by atoms with Crippen molar-refractivity contribution in [3.63, 3.8) is 0 Å². The van der Waals surface area contributed by atoms with Gasteiger partial charge in [-0.25, -0.2) is 0 Å². The molecule has 4 nitrogen and oxygen atoms in total. The second-order valence-corrected chi connectivity index (χ2v) is 3.32. The number of primary amides is 1. The molecule has 0 saturated carbocycles. The minimum Gasteiger partial charge on any atom is -0.495 e. The highest BCUT2D eigenvalue weighted by Gasteiger charge is 2.15. The summed E-state index contributed by atoms with van der Waals surface area (Å²) >= 11 is 3.21. The van der Waals surface area contributed by atoms with Crippen LogP contribution < -0.4 is 10.5 Å². The number of halogens is 1. The van der Waals surface area contributed by atoms with Crippen LogP contribution in [0.5, 0.6) is 5.75 Å². The lowest BCUT2D eigenvalue weighted by atomic mass is 10.2. The van der Waals surface area contributed by atoms with Crippen LogP contribution in [-0.4, -0.2) is 18.0 Å². The number of aromatic nitrogens is 1. The molecule has 0 unspecified atom stereocenters. The first-order valence-electron chi connectivity index (χ1n) is 3.56. The second kappa shape index (κ2) is 3.74. The lowest BCUT2D eigenvalue weighted by molar-refractivity contribution is 0.0996. The lowest BCUT2D eigenvalue weighted by Crippen LogP contribution is -2.15. The Bertz CT molecular complexity index is 352. The number of amides is 1. The number of hydrogen-bond acceptors (Lipinski definition) is 3. The number of rotatable bonds is 2. The van der Waals surface area contributed by atoms with E-state index < -0.39 is 5.91 Å². The second-order valence-electron chi connectivity index (χ2n) is 2.46. The van der Waals surface area contributed by atoms with E-state index in [1.54, 1.807) is 13.1 Å². The summed E-state index contributed by atoms with van der Waals surface area (Å²) in [5.41, 5.74) is 6.06. The van der Waals surface area contributed by atoms with Crippen LogP contribution in [0, 0.1) is 6.92 Å². The summed E-state index contributed by atoms with van der Waals surface area (Å²) in [6.07, 6.45) is 1.57. The Hall–Kier alpha value is -1.10. The predicted octanol–water partition coefficient (Wildman–Crippen LogP) is 1.26. The standard InChI is InChI=1S/C8H9BrN2O2/c1-4-6(8(10)12)7(13-2)5(9)3-11-4/h3H,1-2H3,(H2,10,12). The number of carbonyl (C=O) groups excluding carboxylic acids is 1. The van der Waals surface area contributed by atoms with Gasteiger partial charge in [-0.3, -0.25) is 9.78 Å². The maximum absolute atomic E-state index is 11.0. The van der Waals surface area contributed by atoms with Crippen molar-refractivity contribution in [3.05, 3.63) is 21.9 Å². The first-order chi connectivity index (χ1) is 6.07. The molecule has 0 bridgehead atoms. The summed E-state index contributed by atoms with van der Waals surface area (Å²) in [4.78, 5) is 15.0. The number of carbonyl (C=O) groups is 1. The van der Waals surface area contributed by atoms with Crippen molar-refractivity contribution in [1.29, 1.82) is 0 Å². The molecular formula is C8H9BrN2O2. The third kappa shape index (κ3) is 1.80. The highest BCUT2D eigenvalue weighted by Crippen LogP contribution is 2.29. The Morgan fingerprint density at radius 1 is 1.69 bits per heavy atom. The van der Waals surface area contributed by atoms with Crippen molar-refractivity contribution in [1.82, 2.24) is 4.98 Å². The van der Waals surface area contributed by atoms with Crippen LogP contribution >= 0.6 is 15.9 Å². The van der Waals surface area contributed by atoms with Crippen LogP contribution in [0.25, 0.3) is 0 Å². The van der Waals surface area contributed by atoms with Crippen molar-refractivity contribution in [2.24, 2.45) is 5.73 Å². The van der Waals surface area contributed by atoms with Crippen molar-refractivity contribution >= 4 is 21.8 Å². The third-order valence-electron chi connectivity index (χ3n) is 1.63. The monoisotopic (exact) mass is 244 g/mol. The van der Waals surface area contributed by atoms with Crippen LogP contribution in [-0.2, 0) is 0 Å². The fourth-order valence-corrected chi connectivity index (χ4v) is 1.51. The number of methoxy groups -OCH3 is 1. The molecule has 1 aromatic heterocycles. The molecule has 0 fully saturated rings. The first kappa shape index (κ1) is 9.98. The molecule has 1 heterocycles. The summed E-state index contributed by atoms with van der Waals surface area (Å²) in [6, 6.07) is 0. The molecule has 1 aromatic rings. The van der Waals surface area contributed by atoms with Gasteiger partial charge in [-0.1, -0.05) is 0 Å². The Kier molecular flexibility index (Phi) is 2.87. The summed E-state index contributed by atoms with van der Waals surface area (Å²) in [5.74, 6) is -0.108. The average Bonchev–Trinajstić information content (AvgIpc) is 2.07. The Morgan fingerprint density at radius 3 is 2.69 bits per heavy atom. The van der Waals surface area contributed by atoms with E-state index in [0.717, 1.165) is 0 Å². The van der Waals surface area contributed by atoms with E-state index in [1.807, 2.05) is 0 Å². The molecule has 1 amide bonds. The van der Waals surface area contributed by atoms with Gasteiger partial charge in [0.25, 0.3) is 5.91 Å². The summed E-state index contributed by atoms with van der Waals surface area (Å²) in [6.45, 7) is 1.70. The molecule has 0 aromatic carbocycles. The van der Waals surface area contributed by atoms with Crippen LogP contribution in [0.2, 0.25) is 0 Å². The minimum atomic E-state index is -0.539. The first-order valence-corrected chi connectivity index (χ1v) is 4.36. The van der Waals surface area contributed by atoms with Crippen molar-refractivity contribution in [3.8, 4) is 5.75 Å². The third-order valence-corrected chi connectivity index (χ3v) is 2.19. The van der Waals surface area contributed by atoms with Gasteiger partial charge in [0.05, 0.1) is 17.3 Å². The van der Waals surface area contributed by atoms with Gasteiger partial charge in [0.15, 0.2) is 0 Å². The molecule has 0 atom stereocenters. The number of hydrogen-bond donors (Lipinski definition) is 1. The number of nitrogens with two attached hydrogens (primary N) is 1. The zero-order valence-corrected chi connectivity index (χ0v) is 8.88. The highest BCUT2D eigenvalue weighted by atomic mass is 79.9. The molecule has 0 aliphatic heterocycles. The molecule has 0 saturated heterocycles. The lowest BCUT2D eigenvalue weighted by Gasteiger charge is -2.08. The van der Waals surface area contributed by atoms with Gasteiger partial charge in [-0.15, -0.1) is 0 Å². The van der Waals surface area contributed by atoms with Gasteiger partial charge < -0.3 is 10.5 Å². The van der Waals surface area contributed by atoms with Crippen LogP contribution in [0.1, 0.15) is 16.1 Å². The fourth-order valence-electron chi connectivity index (χ4n) is 1.05. The van der Waals surface area contributed by atoms with Gasteiger partial charge in [-0.05, 0) is 22.9 Å². The summed E-state index contributed by atoms with van der Waals surface area (Å²) in [5, 5.41) is 0. The van der Waals surface area contributed by atoms with E-state index in [1.165, 1.54) is 7.11 Å². The van der Waals surface area contributed by atoms with E-state index in [9.17, 15) is 4.79 Å². The molecule has 70 valence electrons. The summed E-state index contributed by atoms with van der Waals surface area (Å²) in [7, 11) is 1.48. The maximum atomic E-state index is 11.0. The van der Waals surface area contributed by atoms with Gasteiger partial charge in [0.2, 0.25) is 0 Å². The van der Waals surface area contributed by atoms with E-state index in [0.29, 0.717) is 21.5 Å². The fraction of sp³-hybridized carbons (Fsp3) is 0.250. The molecule has 2 N–H and O–H groups in total. The molecule has 0 spiro atoms. The molecule has 1 rings (SSSR count). The molecule has 0 radical (unpaired) electrons. The molecule has 0 aliphatic rings. The highest BCUT2D eigenvalue weighted by molar-refractivity contribution is 9.10. The molecular weight excluding hydrogens is 236 g/mol. The van der Waals surface area contributed by atoms with Gasteiger partial charge in [0.1, 0.15) is 11.3 Å². The van der Waals surface area contributed by atoms with Crippen molar-refractivity contribution in [2.75, 3.05) is 7.11 Å². The van der Waals surface area contributed by atoms with Gasteiger partial charge in [0, 0.05) is 6.20 Å². The van der Waals surface area contributed by atoms with Crippen molar-refractivity contribution < 1.29 is 9.53 Å². The molecule has 13 heavy (non-hydrogen) atoms. The van der Waals surface area contributed by atoms with E-state index >= 15 is 0 Å². The largest absolute Gasteiger partial charge is 0.495 e. The number of pyridine rings is 1. The average molecular weight is 245 g/mol. The Balaban J connectivity index is 3.43. The zero-order chi connectivity index (χ0) is 10.0. The quantitative estimate of drug-likeness (QED) is 0.852. The normalized spacial score (nSPS) is 9.77. The van der Waals surface area contributed by atoms with Crippen molar-refractivity contribution in [2.45, 2.75) is 6.92 Å². The number of aryl methyl sites for hydroxylation is 1. The molecule has 5 heteroatoms. The van der Waals surface area contributed by atoms with Gasteiger partial charge >= 0.3 is 0 Å². The predicted molar refractivity (Wildman–Crippen MR) is 51.7 cm³/mol. The Labute approximate surface area is 84.2 Å².